The predicted octanol–water partition coefficient (Wildman–Crippen LogP) is 1.92. The normalized spacial score (nSPS) is 19.3. The van der Waals surface area contributed by atoms with Gasteiger partial charge in [0.2, 0.25) is 11.8 Å². The lowest BCUT2D eigenvalue weighted by molar-refractivity contribution is -0.126. The van der Waals surface area contributed by atoms with Gasteiger partial charge in [0, 0.05) is 63.5 Å². The molecule has 2 aliphatic rings. The zero-order chi connectivity index (χ0) is 22.5. The third-order valence-electron chi connectivity index (χ3n) is 6.25. The molecule has 1 N–H and O–H groups in total. The average Bonchev–Trinajstić information content (AvgIpc) is 3.22. The lowest BCUT2D eigenvalue weighted by Gasteiger charge is -2.34. The van der Waals surface area contributed by atoms with E-state index in [-0.39, 0.29) is 30.1 Å². The molecule has 0 aliphatic carbocycles. The third-order valence-corrected chi connectivity index (χ3v) is 6.25. The Morgan fingerprint density at radius 1 is 0.969 bits per heavy atom. The first-order valence-corrected chi connectivity index (χ1v) is 11.2. The molecule has 3 amide bonds. The summed E-state index contributed by atoms with van der Waals surface area (Å²) in [6, 6.07) is 17.2. The molecule has 0 saturated carbocycles. The molecule has 2 aromatic rings. The second-order valence-electron chi connectivity index (χ2n) is 8.53. The van der Waals surface area contributed by atoms with Crippen molar-refractivity contribution in [1.82, 2.24) is 15.1 Å². The Balaban J connectivity index is 1.18. The van der Waals surface area contributed by atoms with Gasteiger partial charge in [-0.05, 0) is 31.2 Å². The number of benzene rings is 2. The highest BCUT2D eigenvalue weighted by molar-refractivity contribution is 6.00. The molecule has 2 saturated heterocycles. The van der Waals surface area contributed by atoms with Gasteiger partial charge in [-0.25, -0.2) is 0 Å². The smallest absolute Gasteiger partial charge is 0.253 e. The molecule has 0 aromatic heterocycles. The van der Waals surface area contributed by atoms with Crippen LogP contribution in [-0.2, 0) is 9.59 Å². The number of hydrogen-bond donors (Lipinski definition) is 1. The molecule has 7 heteroatoms. The minimum Gasteiger partial charge on any atom is -0.355 e. The number of amides is 3. The number of hydrogen-bond acceptors (Lipinski definition) is 4. The number of carbonyl (C=O) groups is 3. The molecule has 0 radical (unpaired) electrons. The van der Waals surface area contributed by atoms with E-state index in [9.17, 15) is 14.4 Å². The summed E-state index contributed by atoms with van der Waals surface area (Å²) in [4.78, 5) is 43.4. The minimum absolute atomic E-state index is 0.00860. The maximum atomic E-state index is 12.6. The Hall–Kier alpha value is -3.19. The number of piperazine rings is 1. The summed E-state index contributed by atoms with van der Waals surface area (Å²) >= 11 is 0. The van der Waals surface area contributed by atoms with Crippen LogP contribution in [0.3, 0.4) is 0 Å². The SMILES string of the molecule is Cc1ccc(C(=O)N2CCN(CCNC(=O)C3CC(=O)N(c4ccccc4)C3)CC2)cc1. The van der Waals surface area contributed by atoms with Crippen molar-refractivity contribution in [2.75, 3.05) is 50.7 Å². The zero-order valence-electron chi connectivity index (χ0n) is 18.5. The van der Waals surface area contributed by atoms with Gasteiger partial charge < -0.3 is 15.1 Å². The molecule has 168 valence electrons. The summed E-state index contributed by atoms with van der Waals surface area (Å²) in [5.41, 5.74) is 2.71. The summed E-state index contributed by atoms with van der Waals surface area (Å²) in [5, 5.41) is 2.99. The third kappa shape index (κ3) is 5.16. The van der Waals surface area contributed by atoms with Crippen molar-refractivity contribution < 1.29 is 14.4 Å². The van der Waals surface area contributed by atoms with Crippen LogP contribution in [0.15, 0.2) is 54.6 Å². The van der Waals surface area contributed by atoms with Crippen molar-refractivity contribution in [3.05, 3.63) is 65.7 Å². The summed E-state index contributed by atoms with van der Waals surface area (Å²) in [5.74, 6) is -0.311. The van der Waals surface area contributed by atoms with E-state index in [4.69, 9.17) is 0 Å². The van der Waals surface area contributed by atoms with Crippen LogP contribution in [0.2, 0.25) is 0 Å². The maximum absolute atomic E-state index is 12.6. The summed E-state index contributed by atoms with van der Waals surface area (Å²) in [7, 11) is 0. The number of nitrogens with one attached hydrogen (secondary N) is 1. The standard InChI is InChI=1S/C25H30N4O3/c1-19-7-9-20(10-8-19)25(32)28-15-13-27(14-16-28)12-11-26-24(31)21-17-23(30)29(18-21)22-5-3-2-4-6-22/h2-10,21H,11-18H2,1H3,(H,26,31). The van der Waals surface area contributed by atoms with Crippen LogP contribution < -0.4 is 10.2 Å². The fraction of sp³-hybridized carbons (Fsp3) is 0.400. The number of carbonyl (C=O) groups excluding carboxylic acids is 3. The topological polar surface area (TPSA) is 73.0 Å². The van der Waals surface area contributed by atoms with E-state index in [0.29, 0.717) is 26.2 Å². The molecule has 0 bridgehead atoms. The monoisotopic (exact) mass is 434 g/mol. The lowest BCUT2D eigenvalue weighted by atomic mass is 10.1. The maximum Gasteiger partial charge on any atom is 0.253 e. The van der Waals surface area contributed by atoms with Gasteiger partial charge in [-0.1, -0.05) is 35.9 Å². The Morgan fingerprint density at radius 3 is 2.34 bits per heavy atom. The van der Waals surface area contributed by atoms with E-state index in [1.807, 2.05) is 66.4 Å². The first kappa shape index (κ1) is 22.0. The highest BCUT2D eigenvalue weighted by atomic mass is 16.2. The molecule has 2 aromatic carbocycles. The number of rotatable bonds is 6. The fourth-order valence-electron chi connectivity index (χ4n) is 4.28. The molecular weight excluding hydrogens is 404 g/mol. The Bertz CT molecular complexity index is 953. The summed E-state index contributed by atoms with van der Waals surface area (Å²) in [6.45, 7) is 6.66. The molecule has 1 atom stereocenters. The highest BCUT2D eigenvalue weighted by Crippen LogP contribution is 2.24. The molecule has 1 unspecified atom stereocenters. The van der Waals surface area contributed by atoms with Gasteiger partial charge >= 0.3 is 0 Å². The van der Waals surface area contributed by atoms with Crippen molar-refractivity contribution in [3.63, 3.8) is 0 Å². The van der Waals surface area contributed by atoms with Crippen LogP contribution in [-0.4, -0.2) is 73.3 Å². The first-order valence-electron chi connectivity index (χ1n) is 11.2. The molecule has 32 heavy (non-hydrogen) atoms. The highest BCUT2D eigenvalue weighted by Gasteiger charge is 2.35. The van der Waals surface area contributed by atoms with Gasteiger partial charge in [0.05, 0.1) is 5.92 Å². The van der Waals surface area contributed by atoms with Crippen molar-refractivity contribution in [2.24, 2.45) is 5.92 Å². The molecular formula is C25H30N4O3. The van der Waals surface area contributed by atoms with Gasteiger partial charge in [0.25, 0.3) is 5.91 Å². The van der Waals surface area contributed by atoms with Crippen LogP contribution in [0.1, 0.15) is 22.3 Å². The van der Waals surface area contributed by atoms with E-state index < -0.39 is 0 Å². The van der Waals surface area contributed by atoms with Crippen molar-refractivity contribution in [1.29, 1.82) is 0 Å². The quantitative estimate of drug-likeness (QED) is 0.754. The van der Waals surface area contributed by atoms with Crippen LogP contribution in [0, 0.1) is 12.8 Å². The van der Waals surface area contributed by atoms with Crippen LogP contribution >= 0.6 is 0 Å². The Kier molecular flexibility index (Phi) is 6.85. The minimum atomic E-state index is -0.313. The van der Waals surface area contributed by atoms with E-state index in [1.54, 1.807) is 4.90 Å². The predicted molar refractivity (Wildman–Crippen MR) is 123 cm³/mol. The Labute approximate surface area is 189 Å². The van der Waals surface area contributed by atoms with Gasteiger partial charge in [0.15, 0.2) is 0 Å². The molecule has 2 fully saturated rings. The largest absolute Gasteiger partial charge is 0.355 e. The van der Waals surface area contributed by atoms with Gasteiger partial charge in [0.1, 0.15) is 0 Å². The zero-order valence-corrected chi connectivity index (χ0v) is 18.5. The van der Waals surface area contributed by atoms with E-state index in [0.717, 1.165) is 36.4 Å². The Morgan fingerprint density at radius 2 is 1.66 bits per heavy atom. The first-order chi connectivity index (χ1) is 15.5. The van der Waals surface area contributed by atoms with Crippen molar-refractivity contribution in [2.45, 2.75) is 13.3 Å². The number of anilines is 1. The molecule has 0 spiro atoms. The van der Waals surface area contributed by atoms with Gasteiger partial charge in [-0.3, -0.25) is 19.3 Å². The lowest BCUT2D eigenvalue weighted by Crippen LogP contribution is -2.50. The van der Waals surface area contributed by atoms with Crippen LogP contribution in [0.4, 0.5) is 5.69 Å². The summed E-state index contributed by atoms with van der Waals surface area (Å²) < 4.78 is 0. The fourth-order valence-corrected chi connectivity index (χ4v) is 4.28. The van der Waals surface area contributed by atoms with Crippen LogP contribution in [0.5, 0.6) is 0 Å². The molecule has 2 aliphatic heterocycles. The van der Waals surface area contributed by atoms with Crippen LogP contribution in [0.25, 0.3) is 0 Å². The second kappa shape index (κ2) is 9.96. The number of para-hydroxylation sites is 1. The van der Waals surface area contributed by atoms with Crippen molar-refractivity contribution >= 4 is 23.4 Å². The van der Waals surface area contributed by atoms with E-state index in [2.05, 4.69) is 10.2 Å². The second-order valence-corrected chi connectivity index (χ2v) is 8.53. The number of aryl methyl sites for hydroxylation is 1. The molecule has 7 nitrogen and oxygen atoms in total. The van der Waals surface area contributed by atoms with E-state index >= 15 is 0 Å². The van der Waals surface area contributed by atoms with Crippen molar-refractivity contribution in [3.8, 4) is 0 Å². The van der Waals surface area contributed by atoms with Gasteiger partial charge in [-0.15, -0.1) is 0 Å². The van der Waals surface area contributed by atoms with E-state index in [1.165, 1.54) is 0 Å². The molecule has 2 heterocycles. The average molecular weight is 435 g/mol. The van der Waals surface area contributed by atoms with Gasteiger partial charge in [-0.2, -0.15) is 0 Å². The number of nitrogens with zero attached hydrogens (tertiary/aromatic N) is 3. The molecule has 4 rings (SSSR count). The summed E-state index contributed by atoms with van der Waals surface area (Å²) in [6.07, 6.45) is 0.251.